The minimum absolute atomic E-state index is 0. The summed E-state index contributed by atoms with van der Waals surface area (Å²) in [6, 6.07) is 0. The minimum atomic E-state index is -4.18. The van der Waals surface area contributed by atoms with E-state index in [4.69, 9.17) is 9.79 Å². The second-order valence-corrected chi connectivity index (χ2v) is 2.42. The summed E-state index contributed by atoms with van der Waals surface area (Å²) in [5.41, 5.74) is 0. The molecule has 0 aromatic carbocycles. The quantitative estimate of drug-likeness (QED) is 0.376. The van der Waals surface area contributed by atoms with Crippen molar-refractivity contribution in [2.45, 2.75) is 0 Å². The van der Waals surface area contributed by atoms with Gasteiger partial charge in [-0.15, -0.1) is 0 Å². The van der Waals surface area contributed by atoms with Crippen LogP contribution in [-0.2, 0) is 8.88 Å². The van der Waals surface area contributed by atoms with E-state index in [2.05, 4.69) is 4.31 Å². The lowest BCUT2D eigenvalue weighted by molar-refractivity contribution is 0.298. The third-order valence-electron chi connectivity index (χ3n) is 0.137. The molecule has 0 saturated carbocycles. The number of phosphoric acid groups is 1. The Kier molecular flexibility index (Phi) is 6.71. The predicted octanol–water partition coefficient (Wildman–Crippen LogP) is -1.03. The number of hydrogen-bond donors (Lipinski definition) is 2. The van der Waals surface area contributed by atoms with Gasteiger partial charge in [-0.3, -0.25) is 4.31 Å². The molecule has 0 heterocycles. The average molecular weight is 156 g/mol. The molecule has 0 fully saturated rings. The van der Waals surface area contributed by atoms with Crippen molar-refractivity contribution >= 4 is 40.3 Å². The molecule has 0 rings (SSSR count). The zero-order valence-electron chi connectivity index (χ0n) is 2.74. The van der Waals surface area contributed by atoms with Crippen LogP contribution in [0.3, 0.4) is 0 Å². The lowest BCUT2D eigenvalue weighted by atomic mass is 15.7. The van der Waals surface area contributed by atoms with Crippen molar-refractivity contribution in [3.8, 4) is 0 Å². The smallest absolute Gasteiger partial charge is 0.302 e. The van der Waals surface area contributed by atoms with Gasteiger partial charge in [0.25, 0.3) is 0 Å². The Morgan fingerprint density at radius 1 is 1.57 bits per heavy atom. The number of hydrogen-bond acceptors (Lipinski definition) is 2. The number of rotatable bonds is 1. The van der Waals surface area contributed by atoms with Crippen molar-refractivity contribution in [2.75, 3.05) is 0 Å². The first-order valence-corrected chi connectivity index (χ1v) is 3.00. The molecule has 0 aliphatic rings. The summed E-state index contributed by atoms with van der Waals surface area (Å²) >= 11 is 0. The first kappa shape index (κ1) is 11.1. The summed E-state index contributed by atoms with van der Waals surface area (Å²) in [6.07, 6.45) is 0. The van der Waals surface area contributed by atoms with Gasteiger partial charge in [-0.2, -0.15) is 0 Å². The largest absolute Gasteiger partial charge is 0.472 e. The predicted molar refractivity (Wildman–Crippen MR) is 31.4 cm³/mol. The van der Waals surface area contributed by atoms with E-state index in [0.29, 0.717) is 0 Å². The van der Waals surface area contributed by atoms with Crippen LogP contribution < -0.4 is 0 Å². The maximum atomic E-state index is 9.45. The maximum Gasteiger partial charge on any atom is 0.472 e. The van der Waals surface area contributed by atoms with Gasteiger partial charge in [-0.25, -0.2) is 4.57 Å². The van der Waals surface area contributed by atoms with Crippen LogP contribution in [0, 0.1) is 0 Å². The van der Waals surface area contributed by atoms with Crippen molar-refractivity contribution in [2.24, 2.45) is 0 Å². The summed E-state index contributed by atoms with van der Waals surface area (Å²) in [6.45, 7) is 0. The molecule has 0 amide bonds. The normalized spacial score (nSPS) is 10.1. The van der Waals surface area contributed by atoms with E-state index in [1.165, 1.54) is 9.47 Å². The molecule has 0 aliphatic heterocycles. The molecule has 0 spiro atoms. The second-order valence-electron chi connectivity index (χ2n) is 0.596. The molecular formula is H6MgO4P2. The topological polar surface area (TPSA) is 66.8 Å². The minimum Gasteiger partial charge on any atom is -0.302 e. The fourth-order valence-electron chi connectivity index (χ4n) is 0. The van der Waals surface area contributed by atoms with Crippen molar-refractivity contribution in [1.82, 2.24) is 0 Å². The Morgan fingerprint density at radius 3 is 1.71 bits per heavy atom. The molecule has 0 saturated heterocycles. The summed E-state index contributed by atoms with van der Waals surface area (Å²) in [7, 11) is -2.72. The molecule has 7 heavy (non-hydrogen) atoms. The molecule has 4 nitrogen and oxygen atoms in total. The standard InChI is InChI=1S/Mg.H4O4P2.2H/c;1-6(2,3)4-5;;/h;5H2,(H2,1,2,3);;. The lowest BCUT2D eigenvalue weighted by Crippen LogP contribution is -1.69. The highest BCUT2D eigenvalue weighted by Crippen LogP contribution is 2.38. The Bertz CT molecular complexity index is 73.8. The fraction of sp³-hybridized carbons (Fsp3) is 0. The SMILES string of the molecule is O=P(O)(O)OP.[MgH2]. The van der Waals surface area contributed by atoms with Gasteiger partial charge in [0.05, 0.1) is 0 Å². The van der Waals surface area contributed by atoms with Gasteiger partial charge in [0.15, 0.2) is 0 Å². The van der Waals surface area contributed by atoms with Gasteiger partial charge in [-0.05, 0) is 0 Å². The summed E-state index contributed by atoms with van der Waals surface area (Å²) in [5.74, 6) is 0. The van der Waals surface area contributed by atoms with E-state index in [1.807, 2.05) is 0 Å². The molecular weight excluding hydrogens is 150 g/mol. The van der Waals surface area contributed by atoms with Gasteiger partial charge < -0.3 is 9.79 Å². The van der Waals surface area contributed by atoms with E-state index >= 15 is 0 Å². The van der Waals surface area contributed by atoms with E-state index in [1.54, 1.807) is 0 Å². The van der Waals surface area contributed by atoms with Crippen LogP contribution in [-0.4, -0.2) is 32.8 Å². The zero-order chi connectivity index (χ0) is 5.21. The summed E-state index contributed by atoms with van der Waals surface area (Å²) in [5, 5.41) is 0. The molecule has 0 radical (unpaired) electrons. The van der Waals surface area contributed by atoms with Crippen LogP contribution in [0.4, 0.5) is 0 Å². The van der Waals surface area contributed by atoms with Crippen LogP contribution in [0.1, 0.15) is 0 Å². The molecule has 42 valence electrons. The Morgan fingerprint density at radius 2 is 1.71 bits per heavy atom. The van der Waals surface area contributed by atoms with Gasteiger partial charge in [0.2, 0.25) is 0 Å². The van der Waals surface area contributed by atoms with Crippen molar-refractivity contribution in [1.29, 1.82) is 0 Å². The highest BCUT2D eigenvalue weighted by atomic mass is 31.2. The van der Waals surface area contributed by atoms with Crippen molar-refractivity contribution in [3.05, 3.63) is 0 Å². The van der Waals surface area contributed by atoms with E-state index < -0.39 is 7.82 Å². The molecule has 0 aromatic rings. The second kappa shape index (κ2) is 4.21. The first-order valence-electron chi connectivity index (χ1n) is 1.00. The van der Waals surface area contributed by atoms with Crippen molar-refractivity contribution in [3.63, 3.8) is 0 Å². The highest BCUT2D eigenvalue weighted by Gasteiger charge is 2.07. The van der Waals surface area contributed by atoms with Crippen LogP contribution in [0.15, 0.2) is 0 Å². The van der Waals surface area contributed by atoms with E-state index in [-0.39, 0.29) is 23.1 Å². The Hall–Kier alpha value is 1.31. The van der Waals surface area contributed by atoms with Gasteiger partial charge in [0, 0.05) is 9.47 Å². The van der Waals surface area contributed by atoms with Gasteiger partial charge in [-0.1, -0.05) is 0 Å². The van der Waals surface area contributed by atoms with Crippen LogP contribution in [0.25, 0.3) is 0 Å². The third kappa shape index (κ3) is 11.1. The zero-order valence-corrected chi connectivity index (χ0v) is 4.78. The molecule has 1 unspecified atom stereocenters. The summed E-state index contributed by atoms with van der Waals surface area (Å²) in [4.78, 5) is 15.4. The molecule has 2 N–H and O–H groups in total. The molecule has 7 heteroatoms. The van der Waals surface area contributed by atoms with E-state index in [9.17, 15) is 4.57 Å². The maximum absolute atomic E-state index is 9.45. The van der Waals surface area contributed by atoms with Gasteiger partial charge in [0.1, 0.15) is 0 Å². The summed E-state index contributed by atoms with van der Waals surface area (Å²) < 4.78 is 13.0. The monoisotopic (exact) mass is 156 g/mol. The highest BCUT2D eigenvalue weighted by molar-refractivity contribution is 7.51. The average Bonchev–Trinajstić information content (AvgIpc) is 1.35. The molecule has 1 atom stereocenters. The Balaban J connectivity index is 0. The Labute approximate surface area is 59.3 Å². The third-order valence-corrected chi connectivity index (χ3v) is 1.24. The van der Waals surface area contributed by atoms with Crippen LogP contribution in [0.2, 0.25) is 0 Å². The molecule has 0 bridgehead atoms. The van der Waals surface area contributed by atoms with Crippen LogP contribution in [0.5, 0.6) is 0 Å². The first-order chi connectivity index (χ1) is 2.56. The fourth-order valence-corrected chi connectivity index (χ4v) is 0. The van der Waals surface area contributed by atoms with Crippen molar-refractivity contribution < 1.29 is 18.7 Å². The molecule has 0 aromatic heterocycles. The lowest BCUT2D eigenvalue weighted by Gasteiger charge is -1.93. The molecule has 0 aliphatic carbocycles. The van der Waals surface area contributed by atoms with Crippen LogP contribution >= 0.6 is 17.3 Å². The van der Waals surface area contributed by atoms with Gasteiger partial charge >= 0.3 is 30.9 Å². The van der Waals surface area contributed by atoms with E-state index in [0.717, 1.165) is 0 Å².